The van der Waals surface area contributed by atoms with Crippen LogP contribution < -0.4 is 5.32 Å². The number of hydrogen-bond donors (Lipinski definition) is 1. The summed E-state index contributed by atoms with van der Waals surface area (Å²) in [6.45, 7) is 17.5. The molecular weight excluding hydrogens is 318 g/mol. The molecule has 0 radical (unpaired) electrons. The first-order valence-corrected chi connectivity index (χ1v) is 9.34. The summed E-state index contributed by atoms with van der Waals surface area (Å²) in [5, 5.41) is 3.68. The van der Waals surface area contributed by atoms with Crippen molar-refractivity contribution >= 4 is 11.5 Å². The molecule has 0 saturated heterocycles. The highest BCUT2D eigenvalue weighted by Gasteiger charge is 2.21. The molecule has 1 aromatic carbocycles. The van der Waals surface area contributed by atoms with E-state index in [0.29, 0.717) is 0 Å². The van der Waals surface area contributed by atoms with Gasteiger partial charge in [0.25, 0.3) is 0 Å². The third-order valence-electron chi connectivity index (χ3n) is 4.57. The first-order chi connectivity index (χ1) is 12.0. The van der Waals surface area contributed by atoms with Gasteiger partial charge in [-0.1, -0.05) is 45.0 Å². The van der Waals surface area contributed by atoms with E-state index in [-0.39, 0.29) is 11.0 Å². The molecule has 0 unspecified atom stereocenters. The Morgan fingerprint density at radius 2 is 1.50 bits per heavy atom. The topological polar surface area (TPSA) is 29.3 Å². The smallest absolute Gasteiger partial charge is 0.139 e. The molecule has 0 aliphatic carbocycles. The first-order valence-electron chi connectivity index (χ1n) is 9.34. The molecule has 0 bridgehead atoms. The molecule has 2 aromatic heterocycles. The average Bonchev–Trinajstić information content (AvgIpc) is 2.83. The van der Waals surface area contributed by atoms with Crippen LogP contribution in [0, 0.1) is 13.8 Å². The maximum absolute atomic E-state index is 4.98. The van der Waals surface area contributed by atoms with Gasteiger partial charge in [-0.25, -0.2) is 4.98 Å². The molecule has 3 rings (SSSR count). The summed E-state index contributed by atoms with van der Waals surface area (Å²) in [5.74, 6) is 1.06. The third-order valence-corrected chi connectivity index (χ3v) is 4.57. The Labute approximate surface area is 157 Å². The Hall–Kier alpha value is -2.29. The van der Waals surface area contributed by atoms with Gasteiger partial charge >= 0.3 is 0 Å². The molecule has 3 heteroatoms. The van der Waals surface area contributed by atoms with Gasteiger partial charge in [0.1, 0.15) is 17.2 Å². The summed E-state index contributed by atoms with van der Waals surface area (Å²) >= 11 is 0. The van der Waals surface area contributed by atoms with Crippen molar-refractivity contribution in [2.24, 2.45) is 0 Å². The van der Waals surface area contributed by atoms with Crippen LogP contribution in [0.1, 0.15) is 58.4 Å². The largest absolute Gasteiger partial charge is 0.365 e. The number of fused-ring (bicyclic) bond motifs is 1. The number of aryl methyl sites for hydroxylation is 2. The monoisotopic (exact) mass is 349 g/mol. The van der Waals surface area contributed by atoms with Crippen molar-refractivity contribution in [3.05, 3.63) is 53.2 Å². The molecule has 0 saturated carbocycles. The molecular formula is C23H31N3. The van der Waals surface area contributed by atoms with Crippen LogP contribution in [-0.2, 0) is 5.41 Å². The zero-order valence-electron chi connectivity index (χ0n) is 17.4. The minimum Gasteiger partial charge on any atom is -0.365 e. The Kier molecular flexibility index (Phi) is 4.38. The van der Waals surface area contributed by atoms with E-state index in [4.69, 9.17) is 4.98 Å². The highest BCUT2D eigenvalue weighted by Crippen LogP contribution is 2.33. The summed E-state index contributed by atoms with van der Waals surface area (Å²) in [6.07, 6.45) is 0. The number of pyridine rings is 1. The molecule has 3 aromatic rings. The number of rotatable bonds is 2. The Bertz CT molecular complexity index is 933. The molecule has 0 spiro atoms. The molecule has 26 heavy (non-hydrogen) atoms. The standard InChI is InChI=1S/C23H31N3/c1-15-13-16(2)26-19(14-15)24-20(21(26)25-23(6,7)8)17-9-11-18(12-10-17)22(3,4)5/h9-14,25H,1-8H3. The average molecular weight is 350 g/mol. The summed E-state index contributed by atoms with van der Waals surface area (Å²) in [5.41, 5.74) is 7.00. The van der Waals surface area contributed by atoms with Gasteiger partial charge in [0, 0.05) is 16.8 Å². The highest BCUT2D eigenvalue weighted by atomic mass is 15.2. The lowest BCUT2D eigenvalue weighted by molar-refractivity contribution is 0.590. The van der Waals surface area contributed by atoms with E-state index in [0.717, 1.165) is 22.7 Å². The molecule has 138 valence electrons. The van der Waals surface area contributed by atoms with Crippen LogP contribution >= 0.6 is 0 Å². The number of imidazole rings is 1. The first kappa shape index (κ1) is 18.5. The van der Waals surface area contributed by atoms with Crippen LogP contribution in [0.4, 0.5) is 5.82 Å². The third kappa shape index (κ3) is 3.62. The lowest BCUT2D eigenvalue weighted by atomic mass is 9.86. The van der Waals surface area contributed by atoms with E-state index in [9.17, 15) is 0 Å². The molecule has 0 amide bonds. The molecule has 0 fully saturated rings. The van der Waals surface area contributed by atoms with Crippen molar-refractivity contribution in [3.63, 3.8) is 0 Å². The summed E-state index contributed by atoms with van der Waals surface area (Å²) in [7, 11) is 0. The van der Waals surface area contributed by atoms with Crippen molar-refractivity contribution in [1.82, 2.24) is 9.38 Å². The van der Waals surface area contributed by atoms with Gasteiger partial charge < -0.3 is 5.32 Å². The van der Waals surface area contributed by atoms with E-state index in [1.54, 1.807) is 0 Å². The second kappa shape index (κ2) is 6.15. The molecule has 3 nitrogen and oxygen atoms in total. The fraction of sp³-hybridized carbons (Fsp3) is 0.435. The minimum atomic E-state index is -0.0482. The summed E-state index contributed by atoms with van der Waals surface area (Å²) in [4.78, 5) is 4.98. The number of aromatic nitrogens is 2. The van der Waals surface area contributed by atoms with Crippen LogP contribution in [0.2, 0.25) is 0 Å². The Morgan fingerprint density at radius 1 is 0.885 bits per heavy atom. The summed E-state index contributed by atoms with van der Waals surface area (Å²) in [6, 6.07) is 13.2. The van der Waals surface area contributed by atoms with Crippen molar-refractivity contribution in [3.8, 4) is 11.3 Å². The SMILES string of the molecule is Cc1cc(C)n2c(NC(C)(C)C)c(-c3ccc(C(C)(C)C)cc3)nc2c1. The van der Waals surface area contributed by atoms with Crippen molar-refractivity contribution < 1.29 is 0 Å². The highest BCUT2D eigenvalue weighted by molar-refractivity contribution is 5.77. The number of anilines is 1. The normalized spacial score (nSPS) is 12.6. The molecule has 0 atom stereocenters. The Morgan fingerprint density at radius 3 is 2.04 bits per heavy atom. The zero-order valence-corrected chi connectivity index (χ0v) is 17.4. The van der Waals surface area contributed by atoms with Crippen molar-refractivity contribution in [2.75, 3.05) is 5.32 Å². The Balaban J connectivity index is 2.21. The van der Waals surface area contributed by atoms with E-state index in [1.807, 2.05) is 0 Å². The number of hydrogen-bond acceptors (Lipinski definition) is 2. The predicted molar refractivity (Wildman–Crippen MR) is 112 cm³/mol. The maximum atomic E-state index is 4.98. The van der Waals surface area contributed by atoms with Crippen LogP contribution in [-0.4, -0.2) is 14.9 Å². The molecule has 0 aliphatic heterocycles. The van der Waals surface area contributed by atoms with Gasteiger partial charge in [0.2, 0.25) is 0 Å². The lowest BCUT2D eigenvalue weighted by Crippen LogP contribution is -2.27. The number of nitrogens with zero attached hydrogens (tertiary/aromatic N) is 2. The van der Waals surface area contributed by atoms with Crippen molar-refractivity contribution in [2.45, 2.75) is 66.3 Å². The van der Waals surface area contributed by atoms with Crippen LogP contribution in [0.3, 0.4) is 0 Å². The van der Waals surface area contributed by atoms with Gasteiger partial charge in [-0.2, -0.15) is 0 Å². The fourth-order valence-electron chi connectivity index (χ4n) is 3.33. The molecule has 0 aliphatic rings. The van der Waals surface area contributed by atoms with Crippen LogP contribution in [0.5, 0.6) is 0 Å². The van der Waals surface area contributed by atoms with Crippen LogP contribution in [0.25, 0.3) is 16.9 Å². The van der Waals surface area contributed by atoms with Gasteiger partial charge in [-0.05, 0) is 63.3 Å². The quantitative estimate of drug-likeness (QED) is 0.603. The lowest BCUT2D eigenvalue weighted by Gasteiger charge is -2.23. The molecule has 2 heterocycles. The predicted octanol–water partition coefficient (Wildman–Crippen LogP) is 6.13. The minimum absolute atomic E-state index is 0.0482. The van der Waals surface area contributed by atoms with Crippen LogP contribution in [0.15, 0.2) is 36.4 Å². The van der Waals surface area contributed by atoms with E-state index in [1.165, 1.54) is 16.8 Å². The second-order valence-corrected chi connectivity index (χ2v) is 9.38. The van der Waals surface area contributed by atoms with Gasteiger partial charge in [-0.15, -0.1) is 0 Å². The molecule has 1 N–H and O–H groups in total. The fourth-order valence-corrected chi connectivity index (χ4v) is 3.33. The van der Waals surface area contributed by atoms with Crippen molar-refractivity contribution in [1.29, 1.82) is 0 Å². The van der Waals surface area contributed by atoms with Gasteiger partial charge in [-0.3, -0.25) is 4.40 Å². The van der Waals surface area contributed by atoms with E-state index in [2.05, 4.69) is 102 Å². The summed E-state index contributed by atoms with van der Waals surface area (Å²) < 4.78 is 2.23. The van der Waals surface area contributed by atoms with E-state index < -0.39 is 0 Å². The number of benzene rings is 1. The number of nitrogens with one attached hydrogen (secondary N) is 1. The van der Waals surface area contributed by atoms with Gasteiger partial charge in [0.15, 0.2) is 0 Å². The van der Waals surface area contributed by atoms with E-state index >= 15 is 0 Å². The maximum Gasteiger partial charge on any atom is 0.139 e. The van der Waals surface area contributed by atoms with Gasteiger partial charge in [0.05, 0.1) is 0 Å². The zero-order chi connectivity index (χ0) is 19.3. The second-order valence-electron chi connectivity index (χ2n) is 9.38.